The summed E-state index contributed by atoms with van der Waals surface area (Å²) in [6, 6.07) is 18.8. The average Bonchev–Trinajstić information content (AvgIpc) is 3.50. The van der Waals surface area contributed by atoms with E-state index in [1.807, 2.05) is 74.5 Å². The Balaban J connectivity index is 0.000000148. The number of rotatable bonds is 6. The largest absolute Gasteiger partial charge is 0.389 e. The van der Waals surface area contributed by atoms with Gasteiger partial charge in [0.2, 0.25) is 0 Å². The second-order valence-corrected chi connectivity index (χ2v) is 14.1. The molecule has 0 radical (unpaired) electrons. The van der Waals surface area contributed by atoms with Crippen LogP contribution in [0.5, 0.6) is 0 Å². The van der Waals surface area contributed by atoms with Crippen LogP contribution in [0.25, 0.3) is 0 Å². The van der Waals surface area contributed by atoms with Crippen LogP contribution in [0.2, 0.25) is 0 Å². The quantitative estimate of drug-likeness (QED) is 0.565. The Morgan fingerprint density at radius 1 is 0.639 bits per heavy atom. The summed E-state index contributed by atoms with van der Waals surface area (Å²) in [4.78, 5) is 10.7. The molecule has 0 spiro atoms. The van der Waals surface area contributed by atoms with E-state index in [1.54, 1.807) is 0 Å². The summed E-state index contributed by atoms with van der Waals surface area (Å²) in [5, 5.41) is 6.12. The minimum atomic E-state index is -3.12. The van der Waals surface area contributed by atoms with Gasteiger partial charge in [-0.3, -0.25) is 0 Å². The van der Waals surface area contributed by atoms with E-state index in [0.29, 0.717) is 24.3 Å². The van der Waals surface area contributed by atoms with Crippen molar-refractivity contribution in [3.8, 4) is 0 Å². The monoisotopic (exact) mass is 530 g/mol. The average molecular weight is 531 g/mol. The normalized spacial score (nSPS) is 32.1. The minimum Gasteiger partial charge on any atom is -0.389 e. The third-order valence-electron chi connectivity index (χ3n) is 7.25. The molecule has 6 rings (SSSR count). The predicted molar refractivity (Wildman–Crippen MR) is 139 cm³/mol. The maximum absolute atomic E-state index is 12.2. The van der Waals surface area contributed by atoms with Crippen molar-refractivity contribution in [3.05, 3.63) is 71.8 Å². The van der Waals surface area contributed by atoms with E-state index in [4.69, 9.17) is 9.68 Å². The first-order chi connectivity index (χ1) is 17.3. The Hall–Kier alpha value is -2.72. The zero-order valence-electron chi connectivity index (χ0n) is 20.2. The van der Waals surface area contributed by atoms with Crippen molar-refractivity contribution in [1.82, 2.24) is 0 Å². The van der Waals surface area contributed by atoms with Crippen LogP contribution in [0.1, 0.15) is 50.7 Å². The van der Waals surface area contributed by atoms with Gasteiger partial charge in [-0.15, -0.1) is 0 Å². The van der Waals surface area contributed by atoms with Crippen molar-refractivity contribution in [1.29, 1.82) is 0 Å². The molecule has 4 heterocycles. The highest BCUT2D eigenvalue weighted by Crippen LogP contribution is 2.42. The third-order valence-corrected chi connectivity index (χ3v) is 12.3. The van der Waals surface area contributed by atoms with E-state index in [0.717, 1.165) is 24.0 Å². The van der Waals surface area contributed by atoms with Crippen LogP contribution in [0.3, 0.4) is 0 Å². The van der Waals surface area contributed by atoms with Crippen LogP contribution in [-0.2, 0) is 29.3 Å². The fraction of sp³-hybridized carbons (Fsp3) is 0.462. The van der Waals surface area contributed by atoms with Gasteiger partial charge in [-0.25, -0.2) is 16.8 Å². The van der Waals surface area contributed by atoms with Crippen LogP contribution < -0.4 is 0 Å². The lowest BCUT2D eigenvalue weighted by Crippen LogP contribution is -2.61. The highest BCUT2D eigenvalue weighted by molar-refractivity contribution is 7.95. The van der Waals surface area contributed by atoms with Crippen molar-refractivity contribution < 1.29 is 26.5 Å². The molecule has 36 heavy (non-hydrogen) atoms. The van der Waals surface area contributed by atoms with E-state index >= 15 is 0 Å². The van der Waals surface area contributed by atoms with Crippen molar-refractivity contribution in [2.75, 3.05) is 0 Å². The smallest absolute Gasteiger partial charge is 0.169 e. The molecule has 10 heteroatoms. The first kappa shape index (κ1) is 25.0. The lowest BCUT2D eigenvalue weighted by atomic mass is 10.00. The number of hydrogen-bond donors (Lipinski definition) is 0. The Bertz CT molecular complexity index is 1270. The maximum Gasteiger partial charge on any atom is 0.169 e. The first-order valence-corrected chi connectivity index (χ1v) is 15.6. The predicted octanol–water partition coefficient (Wildman–Crippen LogP) is 3.51. The molecule has 0 unspecified atom stereocenters. The molecular weight excluding hydrogens is 500 g/mol. The molecular formula is C26H30N2O6S2. The summed E-state index contributed by atoms with van der Waals surface area (Å²) in [6.45, 7) is 3.97. The van der Waals surface area contributed by atoms with Gasteiger partial charge in [-0.05, 0) is 12.8 Å². The summed E-state index contributed by atoms with van der Waals surface area (Å²) in [5.74, 6) is 0. The van der Waals surface area contributed by atoms with E-state index in [2.05, 4.69) is 10.3 Å². The minimum absolute atomic E-state index is 0.273. The van der Waals surface area contributed by atoms with Crippen molar-refractivity contribution in [2.24, 2.45) is 10.3 Å². The number of benzene rings is 2. The van der Waals surface area contributed by atoms with E-state index in [1.165, 1.54) is 0 Å². The van der Waals surface area contributed by atoms with Crippen molar-refractivity contribution in [2.45, 2.75) is 72.7 Å². The zero-order valence-corrected chi connectivity index (χ0v) is 21.9. The Morgan fingerprint density at radius 3 is 1.33 bits per heavy atom. The highest BCUT2D eigenvalue weighted by Gasteiger charge is 2.63. The van der Waals surface area contributed by atoms with Gasteiger partial charge in [-0.1, -0.05) is 97.7 Å². The van der Waals surface area contributed by atoms with E-state index < -0.39 is 30.2 Å². The number of fused-ring (bicyclic) bond motifs is 2. The first-order valence-electron chi connectivity index (χ1n) is 12.4. The van der Waals surface area contributed by atoms with Gasteiger partial charge in [-0.2, -0.15) is 0 Å². The van der Waals surface area contributed by atoms with Gasteiger partial charge in [0.05, 0.1) is 0 Å². The Labute approximate surface area is 212 Å². The molecule has 2 aromatic rings. The molecule has 0 aliphatic carbocycles. The Kier molecular flexibility index (Phi) is 6.67. The summed E-state index contributed by atoms with van der Waals surface area (Å²) in [5.41, 5.74) is 2.80. The zero-order chi connectivity index (χ0) is 25.5. The molecule has 0 bridgehead atoms. The lowest BCUT2D eigenvalue weighted by Gasteiger charge is -2.37. The molecule has 4 aliphatic rings. The number of sulfone groups is 2. The topological polar surface area (TPSA) is 111 Å². The van der Waals surface area contributed by atoms with Gasteiger partial charge in [0.25, 0.3) is 0 Å². The molecule has 4 aliphatic heterocycles. The van der Waals surface area contributed by atoms with Gasteiger partial charge in [0.15, 0.2) is 31.9 Å². The molecule has 2 saturated heterocycles. The molecule has 0 saturated carbocycles. The summed E-state index contributed by atoms with van der Waals surface area (Å²) in [7, 11) is -6.23. The second-order valence-electron chi connectivity index (χ2n) is 9.50. The molecule has 192 valence electrons. The van der Waals surface area contributed by atoms with Crippen LogP contribution >= 0.6 is 0 Å². The Morgan fingerprint density at radius 2 is 1.00 bits per heavy atom. The second kappa shape index (κ2) is 9.63. The number of hydrogen-bond acceptors (Lipinski definition) is 8. The van der Waals surface area contributed by atoms with Crippen molar-refractivity contribution in [3.63, 3.8) is 0 Å². The highest BCUT2D eigenvalue weighted by atomic mass is 32.2. The fourth-order valence-corrected chi connectivity index (χ4v) is 10.1. The molecule has 8 nitrogen and oxygen atoms in total. The van der Waals surface area contributed by atoms with Gasteiger partial charge in [0.1, 0.15) is 32.4 Å². The fourth-order valence-electron chi connectivity index (χ4n) is 5.42. The van der Waals surface area contributed by atoms with Gasteiger partial charge < -0.3 is 9.68 Å². The van der Waals surface area contributed by atoms with Gasteiger partial charge in [0, 0.05) is 11.1 Å². The van der Waals surface area contributed by atoms with E-state index in [-0.39, 0.29) is 22.7 Å². The molecule has 2 aromatic carbocycles. The molecule has 2 fully saturated rings. The van der Waals surface area contributed by atoms with Crippen LogP contribution in [0.15, 0.2) is 71.0 Å². The summed E-state index contributed by atoms with van der Waals surface area (Å²) < 4.78 is 49.0. The summed E-state index contributed by atoms with van der Waals surface area (Å²) in [6.07, 6.45) is 2.45. The third kappa shape index (κ3) is 3.94. The van der Waals surface area contributed by atoms with Crippen LogP contribution in [0.4, 0.5) is 0 Å². The molecule has 0 N–H and O–H groups in total. The van der Waals surface area contributed by atoms with E-state index in [9.17, 15) is 16.8 Å². The summed E-state index contributed by atoms with van der Waals surface area (Å²) >= 11 is 0. The number of nitrogens with zero attached hydrogens (tertiary/aromatic N) is 2. The molecule has 6 atom stereocenters. The molecule has 0 aromatic heterocycles. The molecule has 0 amide bonds. The standard InChI is InChI=1S/2C13H15NO3S/c2*1-2-6-10-12-13(18(10,15)16)11(14-17-12)9-7-4-3-5-8-9/h2*3-5,7-8,10,12-13H,2,6H2,1H3/t2*10-,12-,13-/m11/s1. The van der Waals surface area contributed by atoms with Gasteiger partial charge >= 0.3 is 0 Å². The van der Waals surface area contributed by atoms with Crippen molar-refractivity contribution >= 4 is 31.1 Å². The lowest BCUT2D eigenvalue weighted by molar-refractivity contribution is 0.0677. The van der Waals surface area contributed by atoms with Crippen LogP contribution in [0, 0.1) is 0 Å². The SMILES string of the molecule is CCC[C@@H]1[C@H]2ON=C(c3ccccc3)[C@H]2S1(=O)=O.CCC[C@@H]1[C@H]2ON=C(c3ccccc3)[C@H]2S1(=O)=O. The number of oxime groups is 2. The van der Waals surface area contributed by atoms with Crippen LogP contribution in [-0.4, -0.2) is 61.5 Å². The maximum atomic E-state index is 12.2.